The molecule has 0 radical (unpaired) electrons. The maximum Gasteiger partial charge on any atom is 0.234 e. The van der Waals surface area contributed by atoms with Gasteiger partial charge in [-0.1, -0.05) is 43.0 Å². The number of amides is 1. The van der Waals surface area contributed by atoms with Crippen molar-refractivity contribution in [3.05, 3.63) is 78.5 Å². The Labute approximate surface area is 190 Å². The van der Waals surface area contributed by atoms with Crippen molar-refractivity contribution in [3.8, 4) is 23.0 Å². The molecule has 4 rings (SSSR count). The van der Waals surface area contributed by atoms with Crippen molar-refractivity contribution in [2.24, 2.45) is 0 Å². The lowest BCUT2D eigenvalue weighted by Crippen LogP contribution is -2.15. The van der Waals surface area contributed by atoms with Crippen LogP contribution in [0.3, 0.4) is 0 Å². The molecule has 0 saturated heterocycles. The van der Waals surface area contributed by atoms with Gasteiger partial charge >= 0.3 is 0 Å². The van der Waals surface area contributed by atoms with Crippen molar-refractivity contribution < 1.29 is 9.53 Å². The molecule has 0 aliphatic rings. The minimum atomic E-state index is -0.0976. The fraction of sp³-hybridized carbons (Fsp3) is 0.167. The first-order valence-corrected chi connectivity index (χ1v) is 11.2. The number of anilines is 1. The number of benzene rings is 2. The molecular weight excluding hydrogens is 422 g/mol. The van der Waals surface area contributed by atoms with Crippen molar-refractivity contribution in [3.63, 3.8) is 0 Å². The summed E-state index contributed by atoms with van der Waals surface area (Å²) in [6, 6.07) is 21.1. The van der Waals surface area contributed by atoms with Gasteiger partial charge in [0, 0.05) is 11.9 Å². The van der Waals surface area contributed by atoms with Crippen LogP contribution in [-0.2, 0) is 11.2 Å². The lowest BCUT2D eigenvalue weighted by molar-refractivity contribution is -0.113. The molecule has 8 heteroatoms. The van der Waals surface area contributed by atoms with Crippen molar-refractivity contribution in [2.75, 3.05) is 18.2 Å². The van der Waals surface area contributed by atoms with Gasteiger partial charge in [0.1, 0.15) is 11.4 Å². The van der Waals surface area contributed by atoms with Crippen molar-refractivity contribution in [1.29, 1.82) is 0 Å². The maximum atomic E-state index is 12.6. The Morgan fingerprint density at radius 2 is 1.81 bits per heavy atom. The van der Waals surface area contributed by atoms with E-state index in [9.17, 15) is 4.79 Å². The second-order valence-corrected chi connectivity index (χ2v) is 7.84. The van der Waals surface area contributed by atoms with E-state index < -0.39 is 0 Å². The predicted octanol–water partition coefficient (Wildman–Crippen LogP) is 4.63. The quantitative estimate of drug-likeness (QED) is 0.398. The number of aryl methyl sites for hydroxylation is 1. The van der Waals surface area contributed by atoms with E-state index in [4.69, 9.17) is 4.74 Å². The number of methoxy groups -OCH3 is 1. The number of carbonyl (C=O) groups excluding carboxylic acids is 1. The average Bonchev–Trinajstić information content (AvgIpc) is 3.27. The first-order chi connectivity index (χ1) is 15.7. The Balaban J connectivity index is 1.59. The van der Waals surface area contributed by atoms with Crippen LogP contribution in [0.2, 0.25) is 0 Å². The van der Waals surface area contributed by atoms with E-state index in [0.29, 0.717) is 16.7 Å². The fourth-order valence-electron chi connectivity index (χ4n) is 3.26. The maximum absolute atomic E-state index is 12.6. The summed E-state index contributed by atoms with van der Waals surface area (Å²) in [6.45, 7) is 2.07. The van der Waals surface area contributed by atoms with Crippen LogP contribution >= 0.6 is 11.8 Å². The molecule has 1 N–H and O–H groups in total. The molecule has 32 heavy (non-hydrogen) atoms. The standard InChI is InChI=1S/C24H23N5O2S/c1-3-17-8-4-5-9-20(17)26-22(30)16-32-24-28-27-23(21-10-6-7-15-25-21)29(24)18-11-13-19(31-2)14-12-18/h4-15H,3,16H2,1-2H3,(H,26,30). The summed E-state index contributed by atoms with van der Waals surface area (Å²) >= 11 is 1.33. The molecule has 0 bridgehead atoms. The highest BCUT2D eigenvalue weighted by Crippen LogP contribution is 2.28. The minimum Gasteiger partial charge on any atom is -0.497 e. The first kappa shape index (κ1) is 21.6. The van der Waals surface area contributed by atoms with E-state index in [1.807, 2.05) is 71.3 Å². The summed E-state index contributed by atoms with van der Waals surface area (Å²) in [7, 11) is 1.63. The molecule has 4 aromatic rings. The normalized spacial score (nSPS) is 10.7. The zero-order valence-electron chi connectivity index (χ0n) is 17.9. The molecule has 2 aromatic carbocycles. The SMILES string of the molecule is CCc1ccccc1NC(=O)CSc1nnc(-c2ccccn2)n1-c1ccc(OC)cc1. The van der Waals surface area contributed by atoms with Crippen LogP contribution in [0.4, 0.5) is 5.69 Å². The highest BCUT2D eigenvalue weighted by Gasteiger charge is 2.18. The third-order valence-corrected chi connectivity index (χ3v) is 5.79. The van der Waals surface area contributed by atoms with Gasteiger partial charge in [-0.15, -0.1) is 10.2 Å². The molecule has 7 nitrogen and oxygen atoms in total. The second-order valence-electron chi connectivity index (χ2n) is 6.90. The number of nitrogens with one attached hydrogen (secondary N) is 1. The summed E-state index contributed by atoms with van der Waals surface area (Å²) in [5, 5.41) is 12.3. The van der Waals surface area contributed by atoms with Crippen LogP contribution in [0.5, 0.6) is 5.75 Å². The molecule has 0 atom stereocenters. The number of hydrogen-bond acceptors (Lipinski definition) is 6. The van der Waals surface area contributed by atoms with Gasteiger partial charge < -0.3 is 10.1 Å². The van der Waals surface area contributed by atoms with E-state index in [1.165, 1.54) is 11.8 Å². The number of carbonyl (C=O) groups is 1. The largest absolute Gasteiger partial charge is 0.497 e. The topological polar surface area (TPSA) is 81.9 Å². The summed E-state index contributed by atoms with van der Waals surface area (Å²) in [4.78, 5) is 17.1. The third kappa shape index (κ3) is 4.81. The van der Waals surface area contributed by atoms with Gasteiger partial charge in [0.15, 0.2) is 11.0 Å². The van der Waals surface area contributed by atoms with E-state index in [-0.39, 0.29) is 11.7 Å². The molecule has 2 aromatic heterocycles. The Kier molecular flexibility index (Phi) is 6.81. The number of rotatable bonds is 8. The molecule has 162 valence electrons. The van der Waals surface area contributed by atoms with Crippen molar-refractivity contribution >= 4 is 23.4 Å². The number of para-hydroxylation sites is 1. The number of pyridine rings is 1. The Morgan fingerprint density at radius 1 is 1.03 bits per heavy atom. The van der Waals surface area contributed by atoms with Crippen LogP contribution in [0.25, 0.3) is 17.2 Å². The number of aromatic nitrogens is 4. The predicted molar refractivity (Wildman–Crippen MR) is 126 cm³/mol. The summed E-state index contributed by atoms with van der Waals surface area (Å²) in [5.41, 5.74) is 3.50. The molecule has 0 fully saturated rings. The number of ether oxygens (including phenoxy) is 1. The highest BCUT2D eigenvalue weighted by molar-refractivity contribution is 7.99. The van der Waals surface area contributed by atoms with Gasteiger partial charge in [0.2, 0.25) is 5.91 Å². The van der Waals surface area contributed by atoms with Gasteiger partial charge in [-0.05, 0) is 54.4 Å². The summed E-state index contributed by atoms with van der Waals surface area (Å²) < 4.78 is 7.18. The zero-order chi connectivity index (χ0) is 22.3. The lowest BCUT2D eigenvalue weighted by atomic mass is 10.1. The summed E-state index contributed by atoms with van der Waals surface area (Å²) in [5.74, 6) is 1.47. The van der Waals surface area contributed by atoms with E-state index in [1.54, 1.807) is 13.3 Å². The first-order valence-electron chi connectivity index (χ1n) is 10.2. The van der Waals surface area contributed by atoms with Gasteiger partial charge in [0.25, 0.3) is 0 Å². The second kappa shape index (κ2) is 10.1. The van der Waals surface area contributed by atoms with Crippen LogP contribution in [0.1, 0.15) is 12.5 Å². The molecule has 0 saturated carbocycles. The van der Waals surface area contributed by atoms with E-state index in [2.05, 4.69) is 27.4 Å². The van der Waals surface area contributed by atoms with Gasteiger partial charge in [-0.2, -0.15) is 0 Å². The van der Waals surface area contributed by atoms with Crippen molar-refractivity contribution in [1.82, 2.24) is 19.7 Å². The molecular formula is C24H23N5O2S. The Morgan fingerprint density at radius 3 is 2.53 bits per heavy atom. The Hall–Kier alpha value is -3.65. The molecule has 0 spiro atoms. The summed E-state index contributed by atoms with van der Waals surface area (Å²) in [6.07, 6.45) is 2.57. The van der Waals surface area contributed by atoms with Crippen LogP contribution in [0.15, 0.2) is 78.1 Å². The fourth-order valence-corrected chi connectivity index (χ4v) is 4.01. The zero-order valence-corrected chi connectivity index (χ0v) is 18.7. The van der Waals surface area contributed by atoms with Crippen molar-refractivity contribution in [2.45, 2.75) is 18.5 Å². The molecule has 0 aliphatic carbocycles. The van der Waals surface area contributed by atoms with Crippen LogP contribution < -0.4 is 10.1 Å². The van der Waals surface area contributed by atoms with Crippen LogP contribution in [0, 0.1) is 0 Å². The van der Waals surface area contributed by atoms with Gasteiger partial charge in [0.05, 0.1) is 18.6 Å². The number of thioether (sulfide) groups is 1. The van der Waals surface area contributed by atoms with Gasteiger partial charge in [-0.3, -0.25) is 14.3 Å². The molecule has 2 heterocycles. The molecule has 0 unspecified atom stereocenters. The van der Waals surface area contributed by atoms with E-state index >= 15 is 0 Å². The van der Waals surface area contributed by atoms with Crippen LogP contribution in [-0.4, -0.2) is 38.5 Å². The molecule has 0 aliphatic heterocycles. The lowest BCUT2D eigenvalue weighted by Gasteiger charge is -2.11. The Bertz CT molecular complexity index is 1190. The molecule has 1 amide bonds. The monoisotopic (exact) mass is 445 g/mol. The number of nitrogens with zero attached hydrogens (tertiary/aromatic N) is 4. The third-order valence-electron chi connectivity index (χ3n) is 4.86. The highest BCUT2D eigenvalue weighted by atomic mass is 32.2. The smallest absolute Gasteiger partial charge is 0.234 e. The van der Waals surface area contributed by atoms with E-state index in [0.717, 1.165) is 29.1 Å². The minimum absolute atomic E-state index is 0.0976. The van der Waals surface area contributed by atoms with Gasteiger partial charge in [-0.25, -0.2) is 0 Å². The average molecular weight is 446 g/mol. The number of hydrogen-bond donors (Lipinski definition) is 1.